The second-order valence-corrected chi connectivity index (χ2v) is 4.50. The summed E-state index contributed by atoms with van der Waals surface area (Å²) >= 11 is 11.7. The molecule has 0 atom stereocenters. The zero-order valence-electron chi connectivity index (χ0n) is 9.77. The van der Waals surface area contributed by atoms with Gasteiger partial charge in [-0.3, -0.25) is 0 Å². The average molecular weight is 318 g/mol. The second kappa shape index (κ2) is 7.07. The first-order valence-corrected chi connectivity index (χ1v) is 6.07. The summed E-state index contributed by atoms with van der Waals surface area (Å²) in [4.78, 5) is 0. The normalized spacial score (nSPS) is 11.6. The standard InChI is InChI=1S/C11H12Cl2F3NO2/c12-8-4-7(17)5-9(13)10(8)19-3-1-2-18-6-11(14,15)16/h4-5H,1-3,6,17H2. The van der Waals surface area contributed by atoms with Gasteiger partial charge in [-0.25, -0.2) is 0 Å². The van der Waals surface area contributed by atoms with Crippen LogP contribution in [0, 0.1) is 0 Å². The minimum atomic E-state index is -4.32. The number of nitrogens with two attached hydrogens (primary N) is 1. The van der Waals surface area contributed by atoms with Crippen molar-refractivity contribution < 1.29 is 22.6 Å². The largest absolute Gasteiger partial charge is 0.490 e. The Morgan fingerprint density at radius 3 is 2.21 bits per heavy atom. The summed E-state index contributed by atoms with van der Waals surface area (Å²) in [6.07, 6.45) is -4.03. The molecule has 0 heterocycles. The van der Waals surface area contributed by atoms with Crippen molar-refractivity contribution in [2.45, 2.75) is 12.6 Å². The maximum absolute atomic E-state index is 11.8. The minimum absolute atomic E-state index is 0.0658. The van der Waals surface area contributed by atoms with E-state index in [1.807, 2.05) is 0 Å². The summed E-state index contributed by atoms with van der Waals surface area (Å²) in [5.41, 5.74) is 5.91. The van der Waals surface area contributed by atoms with E-state index in [1.165, 1.54) is 12.1 Å². The number of ether oxygens (including phenoxy) is 2. The Labute approximate surface area is 118 Å². The third-order valence-corrected chi connectivity index (χ3v) is 2.53. The van der Waals surface area contributed by atoms with Gasteiger partial charge in [-0.1, -0.05) is 23.2 Å². The molecule has 8 heteroatoms. The molecule has 19 heavy (non-hydrogen) atoms. The van der Waals surface area contributed by atoms with Crippen LogP contribution in [0.2, 0.25) is 10.0 Å². The minimum Gasteiger partial charge on any atom is -0.490 e. The van der Waals surface area contributed by atoms with Crippen molar-refractivity contribution in [1.82, 2.24) is 0 Å². The third kappa shape index (κ3) is 6.22. The van der Waals surface area contributed by atoms with Gasteiger partial charge in [0.15, 0.2) is 5.75 Å². The Morgan fingerprint density at radius 2 is 1.68 bits per heavy atom. The number of anilines is 1. The van der Waals surface area contributed by atoms with E-state index in [9.17, 15) is 13.2 Å². The summed E-state index contributed by atoms with van der Waals surface area (Å²) in [6.45, 7) is -1.19. The number of hydrogen-bond acceptors (Lipinski definition) is 3. The number of halogens is 5. The van der Waals surface area contributed by atoms with Gasteiger partial charge in [-0.15, -0.1) is 0 Å². The van der Waals surface area contributed by atoms with E-state index in [4.69, 9.17) is 33.7 Å². The molecule has 0 amide bonds. The lowest BCUT2D eigenvalue weighted by atomic mass is 10.3. The summed E-state index contributed by atoms with van der Waals surface area (Å²) < 4.78 is 45.0. The predicted molar refractivity (Wildman–Crippen MR) is 67.9 cm³/mol. The fourth-order valence-electron chi connectivity index (χ4n) is 1.24. The number of benzene rings is 1. The zero-order valence-corrected chi connectivity index (χ0v) is 11.3. The maximum atomic E-state index is 11.8. The lowest BCUT2D eigenvalue weighted by Crippen LogP contribution is -2.18. The average Bonchev–Trinajstić information content (AvgIpc) is 2.24. The van der Waals surface area contributed by atoms with Gasteiger partial charge in [0.25, 0.3) is 0 Å². The predicted octanol–water partition coefficient (Wildman–Crippen LogP) is 3.92. The number of nitrogen functional groups attached to an aromatic ring is 1. The molecule has 0 aliphatic carbocycles. The molecule has 0 saturated carbocycles. The van der Waals surface area contributed by atoms with Crippen LogP contribution in [0.3, 0.4) is 0 Å². The van der Waals surface area contributed by atoms with Crippen molar-refractivity contribution in [2.75, 3.05) is 25.6 Å². The van der Waals surface area contributed by atoms with Crippen molar-refractivity contribution in [3.8, 4) is 5.75 Å². The molecular weight excluding hydrogens is 306 g/mol. The van der Waals surface area contributed by atoms with E-state index in [0.717, 1.165) is 0 Å². The molecule has 108 valence electrons. The number of hydrogen-bond donors (Lipinski definition) is 1. The van der Waals surface area contributed by atoms with Crippen LogP contribution in [0.1, 0.15) is 6.42 Å². The topological polar surface area (TPSA) is 44.5 Å². The van der Waals surface area contributed by atoms with Crippen LogP contribution in [0.5, 0.6) is 5.75 Å². The van der Waals surface area contributed by atoms with Gasteiger partial charge in [0.05, 0.1) is 23.3 Å². The Balaban J connectivity index is 2.30. The van der Waals surface area contributed by atoms with Gasteiger partial charge < -0.3 is 15.2 Å². The molecule has 0 spiro atoms. The van der Waals surface area contributed by atoms with E-state index in [0.29, 0.717) is 5.69 Å². The van der Waals surface area contributed by atoms with Crippen LogP contribution in [0.25, 0.3) is 0 Å². The van der Waals surface area contributed by atoms with Crippen LogP contribution in [0.4, 0.5) is 18.9 Å². The van der Waals surface area contributed by atoms with Crippen LogP contribution < -0.4 is 10.5 Å². The van der Waals surface area contributed by atoms with Gasteiger partial charge in [0.2, 0.25) is 0 Å². The summed E-state index contributed by atoms with van der Waals surface area (Å²) in [6, 6.07) is 2.95. The summed E-state index contributed by atoms with van der Waals surface area (Å²) in [5, 5.41) is 0.502. The van der Waals surface area contributed by atoms with Crippen LogP contribution in [-0.4, -0.2) is 26.0 Å². The highest BCUT2D eigenvalue weighted by molar-refractivity contribution is 6.37. The van der Waals surface area contributed by atoms with E-state index >= 15 is 0 Å². The van der Waals surface area contributed by atoms with Gasteiger partial charge >= 0.3 is 6.18 Å². The lowest BCUT2D eigenvalue weighted by Gasteiger charge is -2.11. The third-order valence-electron chi connectivity index (χ3n) is 1.97. The molecule has 0 unspecified atom stereocenters. The highest BCUT2D eigenvalue weighted by Gasteiger charge is 2.27. The molecule has 1 aromatic rings. The Hall–Kier alpha value is -0.850. The van der Waals surface area contributed by atoms with E-state index in [1.54, 1.807) is 0 Å². The van der Waals surface area contributed by atoms with Gasteiger partial charge in [0.1, 0.15) is 6.61 Å². The highest BCUT2D eigenvalue weighted by Crippen LogP contribution is 2.35. The van der Waals surface area contributed by atoms with Crippen molar-refractivity contribution in [2.24, 2.45) is 0 Å². The van der Waals surface area contributed by atoms with E-state index in [2.05, 4.69) is 4.74 Å². The molecule has 1 aromatic carbocycles. The van der Waals surface area contributed by atoms with Gasteiger partial charge in [-0.05, 0) is 12.1 Å². The molecule has 3 nitrogen and oxygen atoms in total. The fraction of sp³-hybridized carbons (Fsp3) is 0.455. The molecule has 0 saturated heterocycles. The first-order valence-electron chi connectivity index (χ1n) is 5.31. The molecule has 0 aliphatic rings. The van der Waals surface area contributed by atoms with Gasteiger partial charge in [-0.2, -0.15) is 13.2 Å². The van der Waals surface area contributed by atoms with Crippen LogP contribution in [0.15, 0.2) is 12.1 Å². The first kappa shape index (κ1) is 16.2. The maximum Gasteiger partial charge on any atom is 0.411 e. The molecule has 0 aromatic heterocycles. The molecular formula is C11H12Cl2F3NO2. The summed E-state index contributed by atoms with van der Waals surface area (Å²) in [7, 11) is 0. The van der Waals surface area contributed by atoms with E-state index in [-0.39, 0.29) is 35.4 Å². The molecule has 2 N–H and O–H groups in total. The number of alkyl halides is 3. The smallest absolute Gasteiger partial charge is 0.411 e. The van der Waals surface area contributed by atoms with Crippen LogP contribution >= 0.6 is 23.2 Å². The zero-order chi connectivity index (χ0) is 14.5. The highest BCUT2D eigenvalue weighted by atomic mass is 35.5. The SMILES string of the molecule is Nc1cc(Cl)c(OCCCOCC(F)(F)F)c(Cl)c1. The molecule has 0 radical (unpaired) electrons. The van der Waals surface area contributed by atoms with E-state index < -0.39 is 12.8 Å². The van der Waals surface area contributed by atoms with Crippen molar-refractivity contribution in [3.05, 3.63) is 22.2 Å². The first-order chi connectivity index (χ1) is 8.79. The molecule has 1 rings (SSSR count). The van der Waals surface area contributed by atoms with Crippen molar-refractivity contribution in [1.29, 1.82) is 0 Å². The molecule has 0 bridgehead atoms. The lowest BCUT2D eigenvalue weighted by molar-refractivity contribution is -0.174. The Morgan fingerprint density at radius 1 is 1.11 bits per heavy atom. The molecule has 0 aliphatic heterocycles. The summed E-state index contributed by atoms with van der Waals surface area (Å²) in [5.74, 6) is 0.258. The fourth-order valence-corrected chi connectivity index (χ4v) is 1.85. The van der Waals surface area contributed by atoms with Crippen LogP contribution in [-0.2, 0) is 4.74 Å². The quantitative estimate of drug-likeness (QED) is 0.638. The van der Waals surface area contributed by atoms with Gasteiger partial charge in [0, 0.05) is 12.1 Å². The van der Waals surface area contributed by atoms with Crippen molar-refractivity contribution >= 4 is 28.9 Å². The van der Waals surface area contributed by atoms with Crippen molar-refractivity contribution in [3.63, 3.8) is 0 Å². The number of rotatable bonds is 6. The Bertz CT molecular complexity index is 404. The monoisotopic (exact) mass is 317 g/mol. The Kier molecular flexibility index (Phi) is 6.03. The molecule has 0 fully saturated rings. The second-order valence-electron chi connectivity index (χ2n) is 3.68.